The normalized spacial score (nSPS) is 42.2. The Balaban J connectivity index is 2.50. The van der Waals surface area contributed by atoms with Gasteiger partial charge in [0.15, 0.2) is 0 Å². The van der Waals surface area contributed by atoms with Crippen molar-refractivity contribution in [2.75, 3.05) is 6.61 Å². The molecule has 1 heterocycles. The molecule has 0 bridgehead atoms. The second-order valence-corrected chi connectivity index (χ2v) is 3.63. The zero-order valence-corrected chi connectivity index (χ0v) is 7.59. The van der Waals surface area contributed by atoms with Crippen molar-refractivity contribution in [1.29, 1.82) is 0 Å². The van der Waals surface area contributed by atoms with Crippen LogP contribution in [0.1, 0.15) is 13.3 Å². The molecule has 1 fully saturated rings. The Hall–Kier alpha value is -0.200. The first-order valence-electron chi connectivity index (χ1n) is 4.47. The molecule has 0 saturated carbocycles. The summed E-state index contributed by atoms with van der Waals surface area (Å²) in [5.41, 5.74) is 0. The fourth-order valence-corrected chi connectivity index (χ4v) is 1.68. The monoisotopic (exact) mass is 191 g/mol. The van der Waals surface area contributed by atoms with E-state index in [9.17, 15) is 10.2 Å². The van der Waals surface area contributed by atoms with Gasteiger partial charge in [-0.3, -0.25) is 0 Å². The van der Waals surface area contributed by atoms with Crippen molar-refractivity contribution in [3.8, 4) is 0 Å². The number of hydrogen-bond donors (Lipinski definition) is 5. The number of aliphatic hydroxyl groups excluding tert-OH is 4. The van der Waals surface area contributed by atoms with Gasteiger partial charge >= 0.3 is 0 Å². The van der Waals surface area contributed by atoms with Crippen LogP contribution in [0.5, 0.6) is 0 Å². The van der Waals surface area contributed by atoms with Gasteiger partial charge in [-0.15, -0.1) is 0 Å². The van der Waals surface area contributed by atoms with Crippen LogP contribution in [-0.4, -0.2) is 57.4 Å². The molecule has 5 heteroatoms. The van der Waals surface area contributed by atoms with Gasteiger partial charge in [0.25, 0.3) is 0 Å². The molecule has 5 atom stereocenters. The van der Waals surface area contributed by atoms with Crippen molar-refractivity contribution in [2.45, 2.75) is 43.7 Å². The number of nitrogens with one attached hydrogen (secondary N) is 1. The van der Waals surface area contributed by atoms with Crippen LogP contribution in [0, 0.1) is 0 Å². The minimum Gasteiger partial charge on any atom is -0.395 e. The fraction of sp³-hybridized carbons (Fsp3) is 1.00. The molecule has 78 valence electrons. The lowest BCUT2D eigenvalue weighted by molar-refractivity contribution is 0.0140. The minimum atomic E-state index is -0.950. The summed E-state index contributed by atoms with van der Waals surface area (Å²) in [6.45, 7) is 1.40. The summed E-state index contributed by atoms with van der Waals surface area (Å²) in [7, 11) is 0. The molecule has 0 spiro atoms. The topological polar surface area (TPSA) is 93.0 Å². The van der Waals surface area contributed by atoms with Gasteiger partial charge < -0.3 is 25.7 Å². The Bertz CT molecular complexity index is 164. The molecular weight excluding hydrogens is 174 g/mol. The third-order valence-electron chi connectivity index (χ3n) is 2.39. The van der Waals surface area contributed by atoms with Crippen LogP contribution in [0.3, 0.4) is 0 Å². The van der Waals surface area contributed by atoms with Gasteiger partial charge in [0, 0.05) is 6.04 Å². The van der Waals surface area contributed by atoms with Crippen molar-refractivity contribution in [3.05, 3.63) is 0 Å². The van der Waals surface area contributed by atoms with E-state index in [2.05, 4.69) is 5.32 Å². The Morgan fingerprint density at radius 2 is 1.77 bits per heavy atom. The summed E-state index contributed by atoms with van der Waals surface area (Å²) in [5.74, 6) is 0. The van der Waals surface area contributed by atoms with E-state index in [0.717, 1.165) is 0 Å². The maximum absolute atomic E-state index is 9.47. The predicted molar refractivity (Wildman–Crippen MR) is 46.1 cm³/mol. The van der Waals surface area contributed by atoms with E-state index in [1.54, 1.807) is 6.92 Å². The van der Waals surface area contributed by atoms with E-state index in [-0.39, 0.29) is 12.6 Å². The highest BCUT2D eigenvalue weighted by molar-refractivity contribution is 4.98. The molecule has 5 N–H and O–H groups in total. The van der Waals surface area contributed by atoms with Crippen LogP contribution in [0.15, 0.2) is 0 Å². The summed E-state index contributed by atoms with van der Waals surface area (Å²) in [4.78, 5) is 0. The van der Waals surface area contributed by atoms with Gasteiger partial charge in [-0.25, -0.2) is 0 Å². The molecule has 0 unspecified atom stereocenters. The van der Waals surface area contributed by atoms with Gasteiger partial charge in [-0.1, -0.05) is 0 Å². The highest BCUT2D eigenvalue weighted by atomic mass is 16.3. The Kier molecular flexibility index (Phi) is 3.63. The van der Waals surface area contributed by atoms with E-state index in [1.807, 2.05) is 0 Å². The van der Waals surface area contributed by atoms with Crippen molar-refractivity contribution in [1.82, 2.24) is 5.32 Å². The molecule has 0 aliphatic carbocycles. The quantitative estimate of drug-likeness (QED) is 0.349. The van der Waals surface area contributed by atoms with E-state index < -0.39 is 24.4 Å². The van der Waals surface area contributed by atoms with Crippen LogP contribution in [0.2, 0.25) is 0 Å². The molecule has 1 saturated heterocycles. The maximum Gasteiger partial charge on any atom is 0.0989 e. The molecule has 1 aliphatic rings. The molecule has 1 aliphatic heterocycles. The number of rotatable bonds is 3. The summed E-state index contributed by atoms with van der Waals surface area (Å²) >= 11 is 0. The van der Waals surface area contributed by atoms with Crippen molar-refractivity contribution in [3.63, 3.8) is 0 Å². The molecule has 0 amide bonds. The molecule has 13 heavy (non-hydrogen) atoms. The molecule has 0 aromatic heterocycles. The average molecular weight is 191 g/mol. The molecule has 0 radical (unpaired) electrons. The molecule has 0 aromatic carbocycles. The largest absolute Gasteiger partial charge is 0.395 e. The van der Waals surface area contributed by atoms with Gasteiger partial charge in [0.1, 0.15) is 0 Å². The zero-order valence-electron chi connectivity index (χ0n) is 7.59. The van der Waals surface area contributed by atoms with Crippen LogP contribution < -0.4 is 5.32 Å². The smallest absolute Gasteiger partial charge is 0.0989 e. The molecule has 0 aromatic rings. The van der Waals surface area contributed by atoms with Gasteiger partial charge in [0.2, 0.25) is 0 Å². The first kappa shape index (κ1) is 10.9. The lowest BCUT2D eigenvalue weighted by Gasteiger charge is -2.16. The van der Waals surface area contributed by atoms with Gasteiger partial charge in [0.05, 0.1) is 31.0 Å². The van der Waals surface area contributed by atoms with Crippen molar-refractivity contribution >= 4 is 0 Å². The van der Waals surface area contributed by atoms with Crippen LogP contribution in [-0.2, 0) is 0 Å². The van der Waals surface area contributed by atoms with Gasteiger partial charge in [-0.05, 0) is 13.3 Å². The van der Waals surface area contributed by atoms with E-state index in [0.29, 0.717) is 6.42 Å². The summed E-state index contributed by atoms with van der Waals surface area (Å²) in [6, 6.07) is -0.828. The third kappa shape index (κ3) is 2.38. The first-order valence-corrected chi connectivity index (χ1v) is 4.47. The molecule has 5 nitrogen and oxygen atoms in total. The zero-order chi connectivity index (χ0) is 10.0. The third-order valence-corrected chi connectivity index (χ3v) is 2.39. The standard InChI is InChI=1S/C8H17NO4/c1-4(11)2-5-7(12)8(13)6(3-10)9-5/h4-13H,2-3H2,1H3/t4-,5+,6+,7+,8+/m0/s1. The lowest BCUT2D eigenvalue weighted by atomic mass is 10.0. The van der Waals surface area contributed by atoms with Crippen molar-refractivity contribution in [2.24, 2.45) is 0 Å². The number of aliphatic hydroxyl groups is 4. The molecule has 1 rings (SSSR count). The van der Waals surface area contributed by atoms with E-state index in [1.165, 1.54) is 0 Å². The minimum absolute atomic E-state index is 0.214. The second-order valence-electron chi connectivity index (χ2n) is 3.63. The Labute approximate surface area is 77.0 Å². The van der Waals surface area contributed by atoms with Crippen molar-refractivity contribution < 1.29 is 20.4 Å². The summed E-state index contributed by atoms with van der Waals surface area (Å²) in [6.07, 6.45) is -2.02. The Morgan fingerprint density at radius 3 is 2.15 bits per heavy atom. The average Bonchev–Trinajstić information content (AvgIpc) is 2.32. The highest BCUT2D eigenvalue weighted by Gasteiger charge is 2.40. The summed E-state index contributed by atoms with van der Waals surface area (Å²) in [5, 5.41) is 39.6. The number of hydrogen-bond acceptors (Lipinski definition) is 5. The highest BCUT2D eigenvalue weighted by Crippen LogP contribution is 2.17. The van der Waals surface area contributed by atoms with Crippen LogP contribution in [0.25, 0.3) is 0 Å². The van der Waals surface area contributed by atoms with Crippen LogP contribution >= 0.6 is 0 Å². The SMILES string of the molecule is C[C@H](O)C[C@H]1N[C@H](CO)[C@@H](O)[C@@H]1O. The Morgan fingerprint density at radius 1 is 1.23 bits per heavy atom. The first-order chi connectivity index (χ1) is 6.06. The lowest BCUT2D eigenvalue weighted by Crippen LogP contribution is -2.37. The molecular formula is C8H17NO4. The van der Waals surface area contributed by atoms with Crippen LogP contribution in [0.4, 0.5) is 0 Å². The fourth-order valence-electron chi connectivity index (χ4n) is 1.68. The predicted octanol–water partition coefficient (Wildman–Crippen LogP) is -2.19. The van der Waals surface area contributed by atoms with E-state index in [4.69, 9.17) is 10.2 Å². The summed E-state index contributed by atoms with van der Waals surface area (Å²) < 4.78 is 0. The second kappa shape index (κ2) is 4.34. The van der Waals surface area contributed by atoms with E-state index >= 15 is 0 Å². The maximum atomic E-state index is 9.47. The van der Waals surface area contributed by atoms with Gasteiger partial charge in [-0.2, -0.15) is 0 Å².